The topological polar surface area (TPSA) is 0 Å². The molecule has 0 saturated carbocycles. The minimum absolute atomic E-state index is 0.190. The summed E-state index contributed by atoms with van der Waals surface area (Å²) in [4.78, 5) is 0. The van der Waals surface area contributed by atoms with Crippen LogP contribution in [0.25, 0.3) is 0 Å². The summed E-state index contributed by atoms with van der Waals surface area (Å²) in [5.74, 6) is 0. The van der Waals surface area contributed by atoms with Crippen molar-refractivity contribution in [3.05, 3.63) is 71.8 Å². The molecule has 0 radical (unpaired) electrons. The molecular weight excluding hydrogens is 255 g/mol. The molecule has 0 heterocycles. The predicted molar refractivity (Wildman–Crippen MR) is 72.5 cm³/mol. The Bertz CT molecular complexity index is 394. The van der Waals surface area contributed by atoms with Crippen LogP contribution in [0, 0.1) is 0 Å². The van der Waals surface area contributed by atoms with Crippen LogP contribution < -0.4 is 0 Å². The van der Waals surface area contributed by atoms with Gasteiger partial charge in [0.15, 0.2) is 0 Å². The van der Waals surface area contributed by atoms with Crippen LogP contribution in [-0.4, -0.2) is 16.9 Å². The molecule has 0 spiro atoms. The molecule has 0 fully saturated rings. The van der Waals surface area contributed by atoms with Crippen molar-refractivity contribution in [1.29, 1.82) is 0 Å². The second-order valence-electron chi connectivity index (χ2n) is 4.06. The van der Waals surface area contributed by atoms with Gasteiger partial charge >= 0.3 is 106 Å². The number of benzene rings is 2. The van der Waals surface area contributed by atoms with E-state index in [1.165, 1.54) is 11.1 Å². The first-order valence-electron chi connectivity index (χ1n) is 5.67. The third kappa shape index (κ3) is 2.08. The van der Waals surface area contributed by atoms with E-state index in [4.69, 9.17) is 0 Å². The molecule has 1 heteroatoms. The summed E-state index contributed by atoms with van der Waals surface area (Å²) in [6, 6.07) is 21.6. The van der Waals surface area contributed by atoms with E-state index < -0.39 is 0 Å². The van der Waals surface area contributed by atoms with Crippen LogP contribution >= 0.6 is 0 Å². The monoisotopic (exact) mass is 272 g/mol. The Morgan fingerprint density at radius 2 is 1.19 bits per heavy atom. The van der Waals surface area contributed by atoms with Gasteiger partial charge in [-0.1, -0.05) is 0 Å². The van der Waals surface area contributed by atoms with Crippen molar-refractivity contribution in [3.8, 4) is 0 Å². The molecule has 0 aliphatic rings. The van der Waals surface area contributed by atoms with Crippen molar-refractivity contribution >= 4 is 16.9 Å². The van der Waals surface area contributed by atoms with Gasteiger partial charge < -0.3 is 0 Å². The summed E-state index contributed by atoms with van der Waals surface area (Å²) >= 11 is 1.79. The molecule has 16 heavy (non-hydrogen) atoms. The van der Waals surface area contributed by atoms with Crippen LogP contribution in [0.2, 0.25) is 0 Å². The van der Waals surface area contributed by atoms with Crippen molar-refractivity contribution < 1.29 is 0 Å². The molecule has 0 bridgehead atoms. The third-order valence-electron chi connectivity index (χ3n) is 3.14. The Kier molecular flexibility index (Phi) is 3.51. The summed E-state index contributed by atoms with van der Waals surface area (Å²) in [6.45, 7) is 2.27. The van der Waals surface area contributed by atoms with E-state index in [1.807, 2.05) is 0 Å². The summed E-state index contributed by atoms with van der Waals surface area (Å²) in [6.07, 6.45) is 1.14. The summed E-state index contributed by atoms with van der Waals surface area (Å²) in [5.41, 5.74) is 2.84. The van der Waals surface area contributed by atoms with Gasteiger partial charge in [-0.3, -0.25) is 0 Å². The average molecular weight is 272 g/mol. The average Bonchev–Trinajstić information content (AvgIpc) is 2.40. The Morgan fingerprint density at radius 3 is 1.50 bits per heavy atom. The molecule has 0 nitrogen and oxygen atoms in total. The molecule has 0 saturated heterocycles. The van der Waals surface area contributed by atoms with Crippen LogP contribution in [0.1, 0.15) is 24.5 Å². The first-order valence-corrected chi connectivity index (χ1v) is 6.88. The van der Waals surface area contributed by atoms with E-state index in [2.05, 4.69) is 67.6 Å². The SMILES string of the molecule is CCC([AsH2])(c1ccccc1)c1ccccc1. The molecule has 0 aliphatic carbocycles. The molecule has 0 aromatic heterocycles. The van der Waals surface area contributed by atoms with Gasteiger partial charge in [-0.25, -0.2) is 0 Å². The maximum absolute atomic E-state index is 2.27. The standard InChI is InChI=1S/C15H17As/c1-2-15(16,13-9-5-3-6-10-13)14-11-7-4-8-12-14/h3-12H,2,16H2,1H3. The van der Waals surface area contributed by atoms with E-state index in [-0.39, 0.29) is 4.20 Å². The fraction of sp³-hybridized carbons (Fsp3) is 0.200. The molecule has 82 valence electrons. The van der Waals surface area contributed by atoms with Crippen LogP contribution in [0.3, 0.4) is 0 Å². The Labute approximate surface area is 106 Å². The molecule has 2 rings (SSSR count). The zero-order valence-electron chi connectivity index (χ0n) is 9.56. The van der Waals surface area contributed by atoms with Gasteiger partial charge in [0.05, 0.1) is 0 Å². The van der Waals surface area contributed by atoms with Gasteiger partial charge in [0.1, 0.15) is 0 Å². The molecule has 1 atom stereocenters. The van der Waals surface area contributed by atoms with Crippen molar-refractivity contribution in [2.45, 2.75) is 17.5 Å². The molecule has 0 aliphatic heterocycles. The molecule has 2 aromatic carbocycles. The summed E-state index contributed by atoms with van der Waals surface area (Å²) in [7, 11) is 0. The fourth-order valence-corrected chi connectivity index (χ4v) is 2.85. The third-order valence-corrected chi connectivity index (χ3v) is 5.39. The summed E-state index contributed by atoms with van der Waals surface area (Å²) < 4.78 is 0.190. The van der Waals surface area contributed by atoms with E-state index >= 15 is 0 Å². The molecule has 2 aromatic rings. The Balaban J connectivity index is 2.49. The van der Waals surface area contributed by atoms with Gasteiger partial charge in [0, 0.05) is 0 Å². The Morgan fingerprint density at radius 1 is 0.812 bits per heavy atom. The minimum atomic E-state index is 0.190. The van der Waals surface area contributed by atoms with Crippen LogP contribution in [0.15, 0.2) is 60.7 Å². The molecular formula is C15H17As. The number of rotatable bonds is 3. The number of hydrogen-bond donors (Lipinski definition) is 0. The van der Waals surface area contributed by atoms with E-state index in [0.29, 0.717) is 0 Å². The second kappa shape index (κ2) is 4.89. The van der Waals surface area contributed by atoms with Gasteiger partial charge in [0.25, 0.3) is 0 Å². The molecule has 0 amide bonds. The van der Waals surface area contributed by atoms with Crippen LogP contribution in [0.5, 0.6) is 0 Å². The zero-order valence-corrected chi connectivity index (χ0v) is 12.0. The predicted octanol–water partition coefficient (Wildman–Crippen LogP) is 2.97. The second-order valence-corrected chi connectivity index (χ2v) is 6.12. The van der Waals surface area contributed by atoms with Crippen LogP contribution in [0.4, 0.5) is 0 Å². The van der Waals surface area contributed by atoms with Crippen molar-refractivity contribution in [2.24, 2.45) is 0 Å². The first-order chi connectivity index (χ1) is 7.77. The summed E-state index contributed by atoms with van der Waals surface area (Å²) in [5, 5.41) is 0. The van der Waals surface area contributed by atoms with Gasteiger partial charge in [-0.15, -0.1) is 0 Å². The Hall–Kier alpha value is -1.00. The van der Waals surface area contributed by atoms with Gasteiger partial charge in [0.2, 0.25) is 0 Å². The maximum atomic E-state index is 2.27. The zero-order chi connectivity index (χ0) is 11.4. The number of hydrogen-bond acceptors (Lipinski definition) is 0. The van der Waals surface area contributed by atoms with E-state index in [9.17, 15) is 0 Å². The van der Waals surface area contributed by atoms with Crippen LogP contribution in [-0.2, 0) is 4.20 Å². The normalized spacial score (nSPS) is 11.4. The quantitative estimate of drug-likeness (QED) is 0.754. The van der Waals surface area contributed by atoms with Crippen molar-refractivity contribution in [1.82, 2.24) is 0 Å². The van der Waals surface area contributed by atoms with E-state index in [0.717, 1.165) is 6.42 Å². The molecule has 1 unspecified atom stereocenters. The van der Waals surface area contributed by atoms with Gasteiger partial charge in [-0.05, 0) is 0 Å². The van der Waals surface area contributed by atoms with Crippen molar-refractivity contribution in [3.63, 3.8) is 0 Å². The van der Waals surface area contributed by atoms with Gasteiger partial charge in [-0.2, -0.15) is 0 Å². The first kappa shape index (κ1) is 11.5. The molecule has 0 N–H and O–H groups in total. The fourth-order valence-electron chi connectivity index (χ4n) is 2.05. The van der Waals surface area contributed by atoms with Crippen molar-refractivity contribution in [2.75, 3.05) is 0 Å². The van der Waals surface area contributed by atoms with E-state index in [1.54, 1.807) is 16.9 Å².